The third-order valence-corrected chi connectivity index (χ3v) is 5.07. The number of hydrogen-bond donors (Lipinski definition) is 2. The molecule has 2 N–H and O–H groups in total. The van der Waals surface area contributed by atoms with E-state index < -0.39 is 0 Å². The molecule has 1 fully saturated rings. The second-order valence-corrected chi connectivity index (χ2v) is 7.35. The minimum absolute atomic E-state index is 0.0704. The van der Waals surface area contributed by atoms with Crippen molar-refractivity contribution in [1.82, 2.24) is 5.32 Å². The van der Waals surface area contributed by atoms with Gasteiger partial charge in [-0.15, -0.1) is 0 Å². The summed E-state index contributed by atoms with van der Waals surface area (Å²) in [6.45, 7) is 7.92. The van der Waals surface area contributed by atoms with Gasteiger partial charge < -0.3 is 19.7 Å². The Morgan fingerprint density at radius 2 is 1.79 bits per heavy atom. The standard InChI is InChI=1S/C23H30N2O3/c1-19-8-10-22(11-9-19)28-14-4-7-23(26)24-17-20-5-2-3-6-21(20)18-25-12-15-27-16-13-25/h2-3,5-6,8-11H,4,7,12-18H2,1H3,(H,24,26)/p+1. The Morgan fingerprint density at radius 3 is 2.54 bits per heavy atom. The third kappa shape index (κ3) is 6.66. The van der Waals surface area contributed by atoms with Crippen molar-refractivity contribution in [3.05, 3.63) is 65.2 Å². The minimum Gasteiger partial charge on any atom is -0.494 e. The molecule has 0 radical (unpaired) electrons. The van der Waals surface area contributed by atoms with Crippen molar-refractivity contribution < 1.29 is 19.2 Å². The van der Waals surface area contributed by atoms with Gasteiger partial charge in [0.15, 0.2) is 0 Å². The van der Waals surface area contributed by atoms with E-state index in [2.05, 4.69) is 30.4 Å². The van der Waals surface area contributed by atoms with Crippen LogP contribution in [0.15, 0.2) is 48.5 Å². The summed E-state index contributed by atoms with van der Waals surface area (Å²) in [6.07, 6.45) is 1.18. The number of quaternary nitrogens is 1. The molecule has 1 aliphatic heterocycles. The van der Waals surface area contributed by atoms with E-state index in [-0.39, 0.29) is 5.91 Å². The largest absolute Gasteiger partial charge is 0.494 e. The average molecular weight is 384 g/mol. The average Bonchev–Trinajstić information content (AvgIpc) is 2.73. The van der Waals surface area contributed by atoms with Crippen LogP contribution in [0.25, 0.3) is 0 Å². The summed E-state index contributed by atoms with van der Waals surface area (Å²) in [5, 5.41) is 3.05. The van der Waals surface area contributed by atoms with E-state index in [0.717, 1.165) is 38.6 Å². The van der Waals surface area contributed by atoms with Crippen LogP contribution in [-0.2, 0) is 22.6 Å². The number of nitrogens with one attached hydrogen (secondary N) is 2. The highest BCUT2D eigenvalue weighted by Gasteiger charge is 2.16. The third-order valence-electron chi connectivity index (χ3n) is 5.07. The van der Waals surface area contributed by atoms with Gasteiger partial charge in [0.2, 0.25) is 5.91 Å². The van der Waals surface area contributed by atoms with Crippen LogP contribution < -0.4 is 15.0 Å². The van der Waals surface area contributed by atoms with Crippen molar-refractivity contribution in [1.29, 1.82) is 0 Å². The van der Waals surface area contributed by atoms with Crippen LogP contribution in [0.1, 0.15) is 29.5 Å². The fourth-order valence-electron chi connectivity index (χ4n) is 3.35. The Labute approximate surface area is 167 Å². The maximum Gasteiger partial charge on any atom is 0.220 e. The molecule has 5 heteroatoms. The molecule has 0 unspecified atom stereocenters. The molecule has 0 bridgehead atoms. The first-order valence-corrected chi connectivity index (χ1v) is 10.1. The summed E-state index contributed by atoms with van der Waals surface area (Å²) in [7, 11) is 0. The zero-order chi connectivity index (χ0) is 19.6. The van der Waals surface area contributed by atoms with Crippen LogP contribution in [0.2, 0.25) is 0 Å². The Kier molecular flexibility index (Phi) is 7.88. The van der Waals surface area contributed by atoms with Crippen molar-refractivity contribution in [2.45, 2.75) is 32.9 Å². The van der Waals surface area contributed by atoms with E-state index in [1.54, 1.807) is 4.90 Å². The van der Waals surface area contributed by atoms with E-state index in [9.17, 15) is 4.79 Å². The van der Waals surface area contributed by atoms with Crippen LogP contribution >= 0.6 is 0 Å². The Balaban J connectivity index is 1.38. The molecular formula is C23H31N2O3+. The molecule has 1 amide bonds. The van der Waals surface area contributed by atoms with Crippen molar-refractivity contribution >= 4 is 5.91 Å². The van der Waals surface area contributed by atoms with Gasteiger partial charge in [0.25, 0.3) is 0 Å². The molecular weight excluding hydrogens is 352 g/mol. The van der Waals surface area contributed by atoms with Gasteiger partial charge in [-0.25, -0.2) is 0 Å². The van der Waals surface area contributed by atoms with Gasteiger partial charge >= 0.3 is 0 Å². The molecule has 2 aromatic carbocycles. The lowest BCUT2D eigenvalue weighted by atomic mass is 10.1. The first-order chi connectivity index (χ1) is 13.7. The second kappa shape index (κ2) is 10.8. The number of aryl methyl sites for hydroxylation is 1. The molecule has 28 heavy (non-hydrogen) atoms. The Hall–Kier alpha value is -2.37. The number of morpholine rings is 1. The summed E-state index contributed by atoms with van der Waals surface area (Å²) in [5.74, 6) is 0.923. The predicted molar refractivity (Wildman–Crippen MR) is 109 cm³/mol. The monoisotopic (exact) mass is 383 g/mol. The van der Waals surface area contributed by atoms with Crippen LogP contribution in [0.3, 0.4) is 0 Å². The lowest BCUT2D eigenvalue weighted by Gasteiger charge is -2.24. The quantitative estimate of drug-likeness (QED) is 0.650. The summed E-state index contributed by atoms with van der Waals surface area (Å²) in [6, 6.07) is 16.4. The highest BCUT2D eigenvalue weighted by atomic mass is 16.5. The van der Waals surface area contributed by atoms with Crippen molar-refractivity contribution in [3.63, 3.8) is 0 Å². The SMILES string of the molecule is Cc1ccc(OCCCC(=O)NCc2ccccc2C[NH+]2CCOCC2)cc1. The molecule has 0 spiro atoms. The van der Waals surface area contributed by atoms with E-state index in [0.29, 0.717) is 26.0 Å². The summed E-state index contributed by atoms with van der Waals surface area (Å²) in [5.41, 5.74) is 3.72. The van der Waals surface area contributed by atoms with E-state index in [1.807, 2.05) is 30.3 Å². The van der Waals surface area contributed by atoms with Crippen molar-refractivity contribution in [2.75, 3.05) is 32.9 Å². The molecule has 0 aliphatic carbocycles. The van der Waals surface area contributed by atoms with E-state index in [1.165, 1.54) is 16.7 Å². The normalized spacial score (nSPS) is 14.6. The minimum atomic E-state index is 0.0704. The number of hydrogen-bond acceptors (Lipinski definition) is 3. The molecule has 0 aromatic heterocycles. The Bertz CT molecular complexity index is 740. The highest BCUT2D eigenvalue weighted by Crippen LogP contribution is 2.12. The van der Waals surface area contributed by atoms with Crippen LogP contribution in [0.4, 0.5) is 0 Å². The molecule has 5 nitrogen and oxygen atoms in total. The van der Waals surface area contributed by atoms with E-state index >= 15 is 0 Å². The second-order valence-electron chi connectivity index (χ2n) is 7.35. The molecule has 3 rings (SSSR count). The number of benzene rings is 2. The smallest absolute Gasteiger partial charge is 0.220 e. The van der Waals surface area contributed by atoms with Crippen LogP contribution in [0.5, 0.6) is 5.75 Å². The molecule has 1 aliphatic rings. The number of rotatable bonds is 9. The van der Waals surface area contributed by atoms with Crippen LogP contribution in [0, 0.1) is 6.92 Å². The molecule has 1 saturated heterocycles. The summed E-state index contributed by atoms with van der Waals surface area (Å²) >= 11 is 0. The lowest BCUT2D eigenvalue weighted by molar-refractivity contribution is -0.921. The lowest BCUT2D eigenvalue weighted by Crippen LogP contribution is -3.12. The maximum absolute atomic E-state index is 12.2. The van der Waals surface area contributed by atoms with Gasteiger partial charge in [-0.05, 0) is 31.0 Å². The van der Waals surface area contributed by atoms with Crippen molar-refractivity contribution in [3.8, 4) is 5.75 Å². The number of carbonyl (C=O) groups is 1. The molecule has 1 heterocycles. The molecule has 2 aromatic rings. The zero-order valence-electron chi connectivity index (χ0n) is 16.7. The van der Waals surface area contributed by atoms with Crippen LogP contribution in [-0.4, -0.2) is 38.8 Å². The molecule has 0 saturated carbocycles. The fraction of sp³-hybridized carbons (Fsp3) is 0.435. The van der Waals surface area contributed by atoms with Gasteiger partial charge in [0.1, 0.15) is 25.4 Å². The first-order valence-electron chi connectivity index (χ1n) is 10.1. The van der Waals surface area contributed by atoms with Gasteiger partial charge in [-0.2, -0.15) is 0 Å². The van der Waals surface area contributed by atoms with Gasteiger partial charge in [0, 0.05) is 18.5 Å². The summed E-state index contributed by atoms with van der Waals surface area (Å²) < 4.78 is 11.1. The van der Waals surface area contributed by atoms with E-state index in [4.69, 9.17) is 9.47 Å². The summed E-state index contributed by atoms with van der Waals surface area (Å²) in [4.78, 5) is 13.7. The number of ether oxygens (including phenoxy) is 2. The van der Waals surface area contributed by atoms with Gasteiger partial charge in [-0.3, -0.25) is 4.79 Å². The Morgan fingerprint density at radius 1 is 1.07 bits per heavy atom. The number of carbonyl (C=O) groups excluding carboxylic acids is 1. The fourth-order valence-corrected chi connectivity index (χ4v) is 3.35. The highest BCUT2D eigenvalue weighted by molar-refractivity contribution is 5.75. The van der Waals surface area contributed by atoms with Crippen molar-refractivity contribution in [2.24, 2.45) is 0 Å². The predicted octanol–water partition coefficient (Wildman–Crippen LogP) is 1.89. The zero-order valence-corrected chi connectivity index (χ0v) is 16.7. The first kappa shape index (κ1) is 20.4. The van der Waals surface area contributed by atoms with Gasteiger partial charge in [-0.1, -0.05) is 42.0 Å². The molecule has 150 valence electrons. The maximum atomic E-state index is 12.2. The molecule has 0 atom stereocenters. The number of amides is 1. The topological polar surface area (TPSA) is 52.0 Å². The van der Waals surface area contributed by atoms with Gasteiger partial charge in [0.05, 0.1) is 19.8 Å².